The van der Waals surface area contributed by atoms with Gasteiger partial charge in [0.05, 0.1) is 0 Å². The molecule has 1 nitrogen and oxygen atoms in total. The first-order valence-electron chi connectivity index (χ1n) is 7.10. The Kier molecular flexibility index (Phi) is 8.76. The summed E-state index contributed by atoms with van der Waals surface area (Å²) >= 11 is -1.06. The molecule has 0 bridgehead atoms. The average molecular weight is 339 g/mol. The molecule has 1 aromatic heterocycles. The second-order valence-corrected chi connectivity index (χ2v) is 13.3. The van der Waals surface area contributed by atoms with Gasteiger partial charge >= 0.3 is 114 Å². The molecule has 0 aromatic carbocycles. The number of hydrogen-bond acceptors (Lipinski definition) is 1. The molecule has 1 radical (unpaired) electrons. The summed E-state index contributed by atoms with van der Waals surface area (Å²) in [5, 5.41) is 0. The minimum absolute atomic E-state index is 1.06. The van der Waals surface area contributed by atoms with Gasteiger partial charge < -0.3 is 0 Å². The average Bonchev–Trinajstić information content (AvgIpc) is 2.39. The van der Waals surface area contributed by atoms with Crippen molar-refractivity contribution in [3.63, 3.8) is 0 Å². The zero-order valence-corrected chi connectivity index (χ0v) is 14.3. The summed E-state index contributed by atoms with van der Waals surface area (Å²) in [5.41, 5.74) is 1.30. The Bertz CT molecular complexity index is 266. The van der Waals surface area contributed by atoms with Crippen LogP contribution in [0.5, 0.6) is 0 Å². The molecule has 0 spiro atoms. The SMILES string of the molecule is CCC[CH2][Sn]([CH2]CCC)[CH2]Cc1ccccn1. The van der Waals surface area contributed by atoms with Gasteiger partial charge in [0.25, 0.3) is 0 Å². The molecule has 0 aliphatic rings. The van der Waals surface area contributed by atoms with Gasteiger partial charge in [-0.25, -0.2) is 0 Å². The summed E-state index contributed by atoms with van der Waals surface area (Å²) < 4.78 is 4.72. The second kappa shape index (κ2) is 9.93. The zero-order valence-electron chi connectivity index (χ0n) is 11.4. The summed E-state index contributed by atoms with van der Waals surface area (Å²) in [6, 6.07) is 6.31. The third-order valence-electron chi connectivity index (χ3n) is 3.23. The number of aromatic nitrogens is 1. The van der Waals surface area contributed by atoms with E-state index < -0.39 is 19.8 Å². The van der Waals surface area contributed by atoms with Crippen LogP contribution in [0.25, 0.3) is 0 Å². The van der Waals surface area contributed by atoms with Crippen LogP contribution >= 0.6 is 0 Å². The van der Waals surface area contributed by atoms with E-state index in [4.69, 9.17) is 0 Å². The Morgan fingerprint density at radius 1 is 1.00 bits per heavy atom. The van der Waals surface area contributed by atoms with Crippen LogP contribution in [0, 0.1) is 0 Å². The van der Waals surface area contributed by atoms with E-state index in [2.05, 4.69) is 31.0 Å². The van der Waals surface area contributed by atoms with Gasteiger partial charge in [-0.05, 0) is 0 Å². The zero-order chi connectivity index (χ0) is 12.3. The van der Waals surface area contributed by atoms with Crippen molar-refractivity contribution in [2.45, 2.75) is 59.3 Å². The van der Waals surface area contributed by atoms with E-state index in [-0.39, 0.29) is 0 Å². The summed E-state index contributed by atoms with van der Waals surface area (Å²) in [6.45, 7) is 4.64. The number of pyridine rings is 1. The molecule has 1 heterocycles. The fourth-order valence-electron chi connectivity index (χ4n) is 2.08. The quantitative estimate of drug-likeness (QED) is 0.594. The normalized spacial score (nSPS) is 11.0. The molecule has 0 saturated carbocycles. The van der Waals surface area contributed by atoms with E-state index >= 15 is 0 Å². The van der Waals surface area contributed by atoms with E-state index in [9.17, 15) is 0 Å². The molecule has 0 saturated heterocycles. The first kappa shape index (κ1) is 15.0. The molecule has 0 aliphatic carbocycles. The van der Waals surface area contributed by atoms with Crippen LogP contribution in [0.1, 0.15) is 45.2 Å². The van der Waals surface area contributed by atoms with Crippen LogP contribution in [0.4, 0.5) is 0 Å². The Hall–Kier alpha value is -0.0513. The molecule has 0 fully saturated rings. The van der Waals surface area contributed by atoms with Crippen LogP contribution in [-0.2, 0) is 6.42 Å². The second-order valence-electron chi connectivity index (χ2n) is 4.78. The number of hydrogen-bond donors (Lipinski definition) is 0. The molecule has 0 amide bonds. The van der Waals surface area contributed by atoms with E-state index in [1.165, 1.54) is 42.2 Å². The van der Waals surface area contributed by atoms with Gasteiger partial charge in [-0.15, -0.1) is 0 Å². The van der Waals surface area contributed by atoms with Crippen molar-refractivity contribution in [3.05, 3.63) is 30.1 Å². The maximum atomic E-state index is 4.44. The molecule has 1 rings (SSSR count). The Morgan fingerprint density at radius 3 is 2.24 bits per heavy atom. The minimum atomic E-state index is -1.06. The number of unbranched alkanes of at least 4 members (excludes halogenated alkanes) is 2. The molecule has 0 atom stereocenters. The Balaban J connectivity index is 2.31. The van der Waals surface area contributed by atoms with Crippen molar-refractivity contribution in [1.82, 2.24) is 4.98 Å². The summed E-state index contributed by atoms with van der Waals surface area (Å²) in [5.74, 6) is 0. The predicted molar refractivity (Wildman–Crippen MR) is 77.9 cm³/mol. The fraction of sp³-hybridized carbons (Fsp3) is 0.667. The molecule has 2 heteroatoms. The molecule has 95 valence electrons. The van der Waals surface area contributed by atoms with Crippen molar-refractivity contribution < 1.29 is 0 Å². The number of aryl methyl sites for hydroxylation is 1. The van der Waals surface area contributed by atoms with Crippen molar-refractivity contribution in [3.8, 4) is 0 Å². The summed E-state index contributed by atoms with van der Waals surface area (Å²) in [7, 11) is 0. The maximum absolute atomic E-state index is 4.44. The third kappa shape index (κ3) is 7.07. The third-order valence-corrected chi connectivity index (χ3v) is 12.0. The van der Waals surface area contributed by atoms with Crippen molar-refractivity contribution in [2.24, 2.45) is 0 Å². The van der Waals surface area contributed by atoms with Crippen LogP contribution in [-0.4, -0.2) is 24.7 Å². The number of nitrogens with zero attached hydrogens (tertiary/aromatic N) is 1. The fourth-order valence-corrected chi connectivity index (χ4v) is 10.8. The predicted octanol–water partition coefficient (Wildman–Crippen LogP) is 4.72. The topological polar surface area (TPSA) is 12.9 Å². The van der Waals surface area contributed by atoms with Crippen LogP contribution in [0.15, 0.2) is 24.4 Å². The molecule has 0 aliphatic heterocycles. The standard InChI is InChI=1S/C7H8N.2C4H9.Sn/c1-2-7-5-3-4-6-8-7;2*1-3-4-2;/h3-6H,1-2H2;2*1,3-4H2,2H3;. The molecule has 0 N–H and O–H groups in total. The van der Waals surface area contributed by atoms with Gasteiger partial charge in [0.2, 0.25) is 0 Å². The molecule has 1 aromatic rings. The first-order chi connectivity index (χ1) is 8.36. The van der Waals surface area contributed by atoms with Gasteiger partial charge in [-0.2, -0.15) is 0 Å². The summed E-state index contributed by atoms with van der Waals surface area (Å²) in [4.78, 5) is 4.44. The van der Waals surface area contributed by atoms with Gasteiger partial charge in [-0.3, -0.25) is 0 Å². The molecular formula is C15H26NSn. The summed E-state index contributed by atoms with van der Waals surface area (Å²) in [6.07, 6.45) is 8.86. The van der Waals surface area contributed by atoms with Gasteiger partial charge in [0.1, 0.15) is 0 Å². The van der Waals surface area contributed by atoms with Crippen LogP contribution in [0.2, 0.25) is 13.3 Å². The Labute approximate surface area is 114 Å². The monoisotopic (exact) mass is 340 g/mol. The van der Waals surface area contributed by atoms with E-state index in [1.807, 2.05) is 12.3 Å². The van der Waals surface area contributed by atoms with Crippen LogP contribution < -0.4 is 0 Å². The molecule has 0 unspecified atom stereocenters. The van der Waals surface area contributed by atoms with Gasteiger partial charge in [0.15, 0.2) is 0 Å². The molecule has 17 heavy (non-hydrogen) atoms. The van der Waals surface area contributed by atoms with Crippen molar-refractivity contribution in [1.29, 1.82) is 0 Å². The van der Waals surface area contributed by atoms with E-state index in [0.29, 0.717) is 0 Å². The van der Waals surface area contributed by atoms with E-state index in [0.717, 1.165) is 0 Å². The van der Waals surface area contributed by atoms with Crippen molar-refractivity contribution in [2.75, 3.05) is 0 Å². The molecular weight excluding hydrogens is 313 g/mol. The van der Waals surface area contributed by atoms with Crippen molar-refractivity contribution >= 4 is 19.8 Å². The first-order valence-corrected chi connectivity index (χ1v) is 13.2. The van der Waals surface area contributed by atoms with Gasteiger partial charge in [0, 0.05) is 0 Å². The number of rotatable bonds is 9. The van der Waals surface area contributed by atoms with Crippen LogP contribution in [0.3, 0.4) is 0 Å². The van der Waals surface area contributed by atoms with E-state index in [1.54, 1.807) is 8.87 Å². The Morgan fingerprint density at radius 2 is 1.71 bits per heavy atom. The van der Waals surface area contributed by atoms with Gasteiger partial charge in [-0.1, -0.05) is 0 Å².